The number of hydrogen-bond donors (Lipinski definition) is 0. The highest BCUT2D eigenvalue weighted by molar-refractivity contribution is 5.87. The molecule has 0 saturated carbocycles. The third-order valence-corrected chi connectivity index (χ3v) is 4.55. The minimum atomic E-state index is 0.535. The van der Waals surface area contributed by atoms with Gasteiger partial charge in [-0.25, -0.2) is 0 Å². The lowest BCUT2D eigenvalue weighted by molar-refractivity contribution is 0.172. The molecule has 1 aromatic heterocycles. The average molecular weight is 279 g/mol. The predicted octanol–water partition coefficient (Wildman–Crippen LogP) is 3.55. The fraction of sp³-hybridized carbons (Fsp3) is 0.444. The molecule has 108 valence electrons. The van der Waals surface area contributed by atoms with Gasteiger partial charge in [-0.05, 0) is 42.5 Å². The van der Waals surface area contributed by atoms with Crippen molar-refractivity contribution in [2.45, 2.75) is 26.2 Å². The second-order valence-electron chi connectivity index (χ2n) is 6.10. The number of nitriles is 1. The zero-order valence-electron chi connectivity index (χ0n) is 12.7. The molecule has 1 saturated heterocycles. The first-order chi connectivity index (χ1) is 10.2. The summed E-state index contributed by atoms with van der Waals surface area (Å²) in [6, 6.07) is 10.4. The summed E-state index contributed by atoms with van der Waals surface area (Å²) < 4.78 is 0. The molecule has 0 spiro atoms. The molecular formula is C18H21N3. The van der Waals surface area contributed by atoms with Crippen LogP contribution in [0, 0.1) is 17.2 Å². The Bertz CT molecular complexity index is 686. The Morgan fingerprint density at radius 3 is 2.95 bits per heavy atom. The molecule has 1 aromatic carbocycles. The Labute approximate surface area is 126 Å². The van der Waals surface area contributed by atoms with E-state index in [2.05, 4.69) is 41.9 Å². The molecule has 21 heavy (non-hydrogen) atoms. The van der Waals surface area contributed by atoms with E-state index in [1.54, 1.807) is 6.20 Å². The van der Waals surface area contributed by atoms with Gasteiger partial charge < -0.3 is 4.90 Å². The standard InChI is InChI=1S/C18H21N3/c1-3-21-11-13(2)9-15(12-21)16-7-6-14(10-19)18-17(16)5-4-8-20-18/h4-8,13,15H,3,9,11-12H2,1-2H3. The SMILES string of the molecule is CCN1CC(C)CC(c2ccc(C#N)c3ncccc23)C1. The smallest absolute Gasteiger partial charge is 0.101 e. The van der Waals surface area contributed by atoms with Gasteiger partial charge in [0.2, 0.25) is 0 Å². The number of nitrogens with zero attached hydrogens (tertiary/aromatic N) is 3. The Balaban J connectivity index is 2.07. The summed E-state index contributed by atoms with van der Waals surface area (Å²) in [6.07, 6.45) is 2.99. The van der Waals surface area contributed by atoms with Crippen molar-refractivity contribution in [3.8, 4) is 6.07 Å². The van der Waals surface area contributed by atoms with Gasteiger partial charge in [-0.2, -0.15) is 5.26 Å². The Morgan fingerprint density at radius 2 is 2.19 bits per heavy atom. The zero-order chi connectivity index (χ0) is 14.8. The van der Waals surface area contributed by atoms with Crippen LogP contribution in [-0.2, 0) is 0 Å². The van der Waals surface area contributed by atoms with Crippen LogP contribution in [0.3, 0.4) is 0 Å². The van der Waals surface area contributed by atoms with Gasteiger partial charge in [0, 0.05) is 24.7 Å². The van der Waals surface area contributed by atoms with E-state index in [1.807, 2.05) is 12.1 Å². The topological polar surface area (TPSA) is 39.9 Å². The van der Waals surface area contributed by atoms with Crippen LogP contribution < -0.4 is 0 Å². The number of likely N-dealkylation sites (N-methyl/N-ethyl adjacent to an activating group) is 1. The number of benzene rings is 1. The molecule has 0 radical (unpaired) electrons. The van der Waals surface area contributed by atoms with Crippen LogP contribution in [0.25, 0.3) is 10.9 Å². The number of aromatic nitrogens is 1. The van der Waals surface area contributed by atoms with Gasteiger partial charge in [-0.3, -0.25) is 4.98 Å². The molecule has 2 aromatic rings. The van der Waals surface area contributed by atoms with Gasteiger partial charge in [-0.15, -0.1) is 0 Å². The molecule has 1 aliphatic heterocycles. The van der Waals surface area contributed by atoms with E-state index >= 15 is 0 Å². The molecule has 3 rings (SSSR count). The van der Waals surface area contributed by atoms with E-state index in [1.165, 1.54) is 18.5 Å². The zero-order valence-corrected chi connectivity index (χ0v) is 12.7. The summed E-state index contributed by atoms with van der Waals surface area (Å²) >= 11 is 0. The molecule has 0 aliphatic carbocycles. The largest absolute Gasteiger partial charge is 0.303 e. The predicted molar refractivity (Wildman–Crippen MR) is 85.1 cm³/mol. The fourth-order valence-electron chi connectivity index (χ4n) is 3.59. The summed E-state index contributed by atoms with van der Waals surface area (Å²) in [5.41, 5.74) is 2.87. The van der Waals surface area contributed by atoms with Crippen molar-refractivity contribution >= 4 is 10.9 Å². The van der Waals surface area contributed by atoms with E-state index in [9.17, 15) is 5.26 Å². The minimum Gasteiger partial charge on any atom is -0.303 e. The summed E-state index contributed by atoms with van der Waals surface area (Å²) in [7, 11) is 0. The average Bonchev–Trinajstić information content (AvgIpc) is 2.53. The summed E-state index contributed by atoms with van der Waals surface area (Å²) in [6.45, 7) is 7.97. The Hall–Kier alpha value is -1.92. The van der Waals surface area contributed by atoms with Gasteiger partial charge in [0.15, 0.2) is 0 Å². The van der Waals surface area contributed by atoms with Crippen molar-refractivity contribution in [1.82, 2.24) is 9.88 Å². The number of pyridine rings is 1. The number of piperidine rings is 1. The van der Waals surface area contributed by atoms with E-state index in [0.717, 1.165) is 24.0 Å². The lowest BCUT2D eigenvalue weighted by Gasteiger charge is -2.36. The van der Waals surface area contributed by atoms with Crippen LogP contribution in [0.5, 0.6) is 0 Å². The molecule has 3 nitrogen and oxygen atoms in total. The first-order valence-corrected chi connectivity index (χ1v) is 7.73. The summed E-state index contributed by atoms with van der Waals surface area (Å²) in [4.78, 5) is 6.96. The quantitative estimate of drug-likeness (QED) is 0.844. The first-order valence-electron chi connectivity index (χ1n) is 7.73. The minimum absolute atomic E-state index is 0.535. The van der Waals surface area contributed by atoms with Crippen LogP contribution in [0.4, 0.5) is 0 Å². The molecular weight excluding hydrogens is 258 g/mol. The van der Waals surface area contributed by atoms with Crippen LogP contribution >= 0.6 is 0 Å². The molecule has 0 amide bonds. The number of hydrogen-bond acceptors (Lipinski definition) is 3. The fourth-order valence-corrected chi connectivity index (χ4v) is 3.59. The highest BCUT2D eigenvalue weighted by Crippen LogP contribution is 2.34. The molecule has 2 unspecified atom stereocenters. The van der Waals surface area contributed by atoms with Crippen molar-refractivity contribution in [1.29, 1.82) is 5.26 Å². The lowest BCUT2D eigenvalue weighted by atomic mass is 9.83. The molecule has 0 bridgehead atoms. The third kappa shape index (κ3) is 2.64. The van der Waals surface area contributed by atoms with Gasteiger partial charge in [0.05, 0.1) is 11.1 Å². The summed E-state index contributed by atoms with van der Waals surface area (Å²) in [5.74, 6) is 1.25. The Morgan fingerprint density at radius 1 is 1.33 bits per heavy atom. The molecule has 2 atom stereocenters. The summed E-state index contributed by atoms with van der Waals surface area (Å²) in [5, 5.41) is 10.4. The Kier molecular flexibility index (Phi) is 3.90. The maximum atomic E-state index is 9.26. The van der Waals surface area contributed by atoms with E-state index in [-0.39, 0.29) is 0 Å². The normalized spacial score (nSPS) is 23.1. The first kappa shape index (κ1) is 14.0. The van der Waals surface area contributed by atoms with Crippen molar-refractivity contribution in [3.05, 3.63) is 41.6 Å². The number of rotatable bonds is 2. The van der Waals surface area contributed by atoms with Crippen LogP contribution in [0.2, 0.25) is 0 Å². The molecule has 1 aliphatic rings. The van der Waals surface area contributed by atoms with Crippen molar-refractivity contribution < 1.29 is 0 Å². The number of likely N-dealkylation sites (tertiary alicyclic amines) is 1. The highest BCUT2D eigenvalue weighted by atomic mass is 15.1. The monoisotopic (exact) mass is 279 g/mol. The van der Waals surface area contributed by atoms with Crippen molar-refractivity contribution in [2.24, 2.45) is 5.92 Å². The van der Waals surface area contributed by atoms with Crippen molar-refractivity contribution in [3.63, 3.8) is 0 Å². The van der Waals surface area contributed by atoms with Crippen LogP contribution in [0.1, 0.15) is 37.3 Å². The van der Waals surface area contributed by atoms with Gasteiger partial charge in [-0.1, -0.05) is 26.0 Å². The molecule has 2 heterocycles. The van der Waals surface area contributed by atoms with E-state index in [0.29, 0.717) is 17.4 Å². The number of fused-ring (bicyclic) bond motifs is 1. The van der Waals surface area contributed by atoms with Gasteiger partial charge >= 0.3 is 0 Å². The second kappa shape index (κ2) is 5.83. The maximum Gasteiger partial charge on any atom is 0.101 e. The second-order valence-corrected chi connectivity index (χ2v) is 6.10. The molecule has 0 N–H and O–H groups in total. The van der Waals surface area contributed by atoms with E-state index in [4.69, 9.17) is 0 Å². The van der Waals surface area contributed by atoms with Crippen LogP contribution in [0.15, 0.2) is 30.5 Å². The van der Waals surface area contributed by atoms with Gasteiger partial charge in [0.1, 0.15) is 6.07 Å². The van der Waals surface area contributed by atoms with Crippen LogP contribution in [-0.4, -0.2) is 29.5 Å². The molecule has 3 heteroatoms. The maximum absolute atomic E-state index is 9.26. The van der Waals surface area contributed by atoms with Crippen molar-refractivity contribution in [2.75, 3.05) is 19.6 Å². The highest BCUT2D eigenvalue weighted by Gasteiger charge is 2.26. The molecule has 1 fully saturated rings. The van der Waals surface area contributed by atoms with E-state index < -0.39 is 0 Å². The lowest BCUT2D eigenvalue weighted by Crippen LogP contribution is -2.38. The third-order valence-electron chi connectivity index (χ3n) is 4.55. The van der Waals surface area contributed by atoms with Gasteiger partial charge in [0.25, 0.3) is 0 Å².